The highest BCUT2D eigenvalue weighted by Crippen LogP contribution is 2.15. The lowest BCUT2D eigenvalue weighted by Gasteiger charge is -2.19. The molecule has 0 amide bonds. The second-order valence-corrected chi connectivity index (χ2v) is 8.71. The van der Waals surface area contributed by atoms with Gasteiger partial charge in [-0.25, -0.2) is 8.42 Å². The largest absolute Gasteiger partial charge is 0.492 e. The number of hydrogen-bond donors (Lipinski definition) is 1. The van der Waals surface area contributed by atoms with Crippen LogP contribution in [-0.4, -0.2) is 38.6 Å². The molecule has 5 heteroatoms. The van der Waals surface area contributed by atoms with Crippen LogP contribution in [0.25, 0.3) is 0 Å². The Morgan fingerprint density at radius 1 is 1.20 bits per heavy atom. The molecule has 0 spiro atoms. The Labute approximate surface area is 122 Å². The van der Waals surface area contributed by atoms with Crippen molar-refractivity contribution in [2.75, 3.05) is 25.4 Å². The zero-order chi connectivity index (χ0) is 15.2. The third kappa shape index (κ3) is 5.51. The first-order valence-electron chi connectivity index (χ1n) is 6.85. The van der Waals surface area contributed by atoms with Gasteiger partial charge in [-0.2, -0.15) is 0 Å². The highest BCUT2D eigenvalue weighted by molar-refractivity contribution is 7.92. The van der Waals surface area contributed by atoms with Crippen LogP contribution in [0.15, 0.2) is 24.3 Å². The molecular formula is C15H25NO3S. The molecule has 1 aromatic carbocycles. The Morgan fingerprint density at radius 2 is 1.90 bits per heavy atom. The molecule has 0 bridgehead atoms. The fourth-order valence-electron chi connectivity index (χ4n) is 1.58. The Morgan fingerprint density at radius 3 is 2.50 bits per heavy atom. The van der Waals surface area contributed by atoms with Gasteiger partial charge in [0.2, 0.25) is 0 Å². The number of ether oxygens (including phenoxy) is 1. The average molecular weight is 299 g/mol. The van der Waals surface area contributed by atoms with Gasteiger partial charge >= 0.3 is 0 Å². The summed E-state index contributed by atoms with van der Waals surface area (Å²) in [5.74, 6) is 0.995. The van der Waals surface area contributed by atoms with Crippen molar-refractivity contribution in [3.8, 4) is 5.75 Å². The monoisotopic (exact) mass is 299 g/mol. The molecule has 0 atom stereocenters. The van der Waals surface area contributed by atoms with E-state index in [0.717, 1.165) is 11.3 Å². The van der Waals surface area contributed by atoms with Crippen LogP contribution in [-0.2, 0) is 9.84 Å². The maximum Gasteiger partial charge on any atom is 0.156 e. The van der Waals surface area contributed by atoms with Crippen molar-refractivity contribution in [2.45, 2.75) is 32.4 Å². The second-order valence-electron chi connectivity index (χ2n) is 5.85. The van der Waals surface area contributed by atoms with Crippen LogP contribution in [0.2, 0.25) is 0 Å². The molecule has 0 saturated carbocycles. The van der Waals surface area contributed by atoms with Crippen molar-refractivity contribution in [3.63, 3.8) is 0 Å². The Balaban J connectivity index is 2.20. The van der Waals surface area contributed by atoms with E-state index >= 15 is 0 Å². The van der Waals surface area contributed by atoms with Crippen molar-refractivity contribution < 1.29 is 13.2 Å². The fourth-order valence-corrected chi connectivity index (χ4v) is 2.61. The van der Waals surface area contributed by atoms with E-state index in [9.17, 15) is 8.42 Å². The van der Waals surface area contributed by atoms with Gasteiger partial charge in [0.15, 0.2) is 9.84 Å². The van der Waals surface area contributed by atoms with Gasteiger partial charge in [-0.05, 0) is 45.4 Å². The topological polar surface area (TPSA) is 55.4 Å². The fraction of sp³-hybridized carbons (Fsp3) is 0.600. The van der Waals surface area contributed by atoms with E-state index in [4.69, 9.17) is 4.74 Å². The minimum atomic E-state index is -3.05. The molecule has 0 aromatic heterocycles. The summed E-state index contributed by atoms with van der Waals surface area (Å²) in [5.41, 5.74) is 1.16. The average Bonchev–Trinajstić information content (AvgIpc) is 2.32. The zero-order valence-corrected chi connectivity index (χ0v) is 13.6. The molecule has 0 aliphatic heterocycles. The molecule has 0 unspecified atom stereocenters. The van der Waals surface area contributed by atoms with Crippen molar-refractivity contribution in [2.24, 2.45) is 0 Å². The van der Waals surface area contributed by atoms with Crippen LogP contribution >= 0.6 is 0 Å². The summed E-state index contributed by atoms with van der Waals surface area (Å²) >= 11 is 0. The van der Waals surface area contributed by atoms with E-state index in [1.165, 1.54) is 0 Å². The lowest BCUT2D eigenvalue weighted by molar-refractivity contribution is 0.315. The third-order valence-corrected chi connectivity index (χ3v) is 5.63. The normalized spacial score (nSPS) is 12.4. The minimum Gasteiger partial charge on any atom is -0.492 e. The molecule has 4 nitrogen and oxygen atoms in total. The Bertz CT molecular complexity index is 518. The first-order chi connectivity index (χ1) is 9.22. The summed E-state index contributed by atoms with van der Waals surface area (Å²) in [5, 5.41) is 3.09. The van der Waals surface area contributed by atoms with Crippen molar-refractivity contribution in [1.82, 2.24) is 5.32 Å². The number of aryl methyl sites for hydroxylation is 1. The molecule has 0 saturated heterocycles. The quantitative estimate of drug-likeness (QED) is 0.784. The van der Waals surface area contributed by atoms with E-state index in [0.29, 0.717) is 19.7 Å². The molecular weight excluding hydrogens is 274 g/mol. The molecule has 1 rings (SSSR count). The number of nitrogens with one attached hydrogen (secondary N) is 1. The molecule has 20 heavy (non-hydrogen) atoms. The second kappa shape index (κ2) is 7.09. The maximum absolute atomic E-state index is 11.9. The van der Waals surface area contributed by atoms with E-state index in [2.05, 4.69) is 5.32 Å². The molecule has 0 fully saturated rings. The summed E-state index contributed by atoms with van der Waals surface area (Å²) in [6, 6.07) is 7.86. The molecule has 1 aromatic rings. The third-order valence-electron chi connectivity index (χ3n) is 3.02. The highest BCUT2D eigenvalue weighted by atomic mass is 32.2. The van der Waals surface area contributed by atoms with Gasteiger partial charge in [-0.3, -0.25) is 0 Å². The van der Waals surface area contributed by atoms with Gasteiger partial charge < -0.3 is 10.1 Å². The highest BCUT2D eigenvalue weighted by Gasteiger charge is 2.27. The number of benzene rings is 1. The van der Waals surface area contributed by atoms with E-state index < -0.39 is 14.6 Å². The smallest absolute Gasteiger partial charge is 0.156 e. The summed E-state index contributed by atoms with van der Waals surface area (Å²) in [7, 11) is -3.05. The van der Waals surface area contributed by atoms with E-state index in [1.54, 1.807) is 20.8 Å². The van der Waals surface area contributed by atoms with Crippen molar-refractivity contribution in [3.05, 3.63) is 29.8 Å². The Kier molecular flexibility index (Phi) is 6.02. The van der Waals surface area contributed by atoms with Crippen LogP contribution in [0, 0.1) is 6.92 Å². The van der Waals surface area contributed by atoms with Gasteiger partial charge in [0.1, 0.15) is 12.4 Å². The maximum atomic E-state index is 11.9. The summed E-state index contributed by atoms with van der Waals surface area (Å²) in [6.07, 6.45) is 0. The predicted molar refractivity (Wildman–Crippen MR) is 83.1 cm³/mol. The SMILES string of the molecule is Cc1cccc(OCCNCCS(=O)(=O)C(C)(C)C)c1. The van der Waals surface area contributed by atoms with Crippen LogP contribution < -0.4 is 10.1 Å². The predicted octanol–water partition coefficient (Wildman–Crippen LogP) is 2.18. The summed E-state index contributed by atoms with van der Waals surface area (Å²) in [4.78, 5) is 0. The van der Waals surface area contributed by atoms with Crippen LogP contribution in [0.5, 0.6) is 5.75 Å². The first-order valence-corrected chi connectivity index (χ1v) is 8.50. The van der Waals surface area contributed by atoms with Crippen LogP contribution in [0.1, 0.15) is 26.3 Å². The van der Waals surface area contributed by atoms with Crippen molar-refractivity contribution in [1.29, 1.82) is 0 Å². The number of hydrogen-bond acceptors (Lipinski definition) is 4. The zero-order valence-electron chi connectivity index (χ0n) is 12.8. The number of sulfone groups is 1. The lowest BCUT2D eigenvalue weighted by Crippen LogP contribution is -2.35. The first kappa shape index (κ1) is 17.0. The molecule has 0 heterocycles. The standard InChI is InChI=1S/C15H25NO3S/c1-13-6-5-7-14(12-13)19-10-8-16-9-11-20(17,18)15(2,3)4/h5-7,12,16H,8-11H2,1-4H3. The van der Waals surface area contributed by atoms with E-state index in [1.807, 2.05) is 31.2 Å². The van der Waals surface area contributed by atoms with Gasteiger partial charge in [0.05, 0.1) is 10.5 Å². The molecule has 0 radical (unpaired) electrons. The summed E-state index contributed by atoms with van der Waals surface area (Å²) < 4.78 is 28.6. The minimum absolute atomic E-state index is 0.154. The Hall–Kier alpha value is -1.07. The molecule has 0 aliphatic carbocycles. The molecule has 114 valence electrons. The summed E-state index contributed by atoms with van der Waals surface area (Å²) in [6.45, 7) is 8.81. The molecule has 1 N–H and O–H groups in total. The van der Waals surface area contributed by atoms with Gasteiger partial charge in [-0.1, -0.05) is 12.1 Å². The van der Waals surface area contributed by atoms with Gasteiger partial charge in [-0.15, -0.1) is 0 Å². The van der Waals surface area contributed by atoms with E-state index in [-0.39, 0.29) is 5.75 Å². The lowest BCUT2D eigenvalue weighted by atomic mass is 10.2. The van der Waals surface area contributed by atoms with Gasteiger partial charge in [0.25, 0.3) is 0 Å². The van der Waals surface area contributed by atoms with Gasteiger partial charge in [0, 0.05) is 13.1 Å². The van der Waals surface area contributed by atoms with Crippen molar-refractivity contribution >= 4 is 9.84 Å². The van der Waals surface area contributed by atoms with Crippen LogP contribution in [0.4, 0.5) is 0 Å². The van der Waals surface area contributed by atoms with Crippen LogP contribution in [0.3, 0.4) is 0 Å². The number of rotatable bonds is 7. The molecule has 0 aliphatic rings.